The zero-order valence-corrected chi connectivity index (χ0v) is 19.0. The van der Waals surface area contributed by atoms with Crippen LogP contribution in [0.15, 0.2) is 83.8 Å². The lowest BCUT2D eigenvalue weighted by atomic mass is 9.98. The Morgan fingerprint density at radius 3 is 2.12 bits per heavy atom. The molecule has 0 bridgehead atoms. The number of nitrogens with two attached hydrogens (primary N) is 1. The van der Waals surface area contributed by atoms with E-state index < -0.39 is 16.0 Å². The van der Waals surface area contributed by atoms with Gasteiger partial charge in [0.15, 0.2) is 5.69 Å². The van der Waals surface area contributed by atoms with Crippen molar-refractivity contribution in [1.82, 2.24) is 9.78 Å². The Labute approximate surface area is 192 Å². The van der Waals surface area contributed by atoms with Gasteiger partial charge in [0, 0.05) is 11.1 Å². The Hall–Kier alpha value is -3.75. The number of carbonyl (C=O) groups excluding carboxylic acids is 1. The Kier molecular flexibility index (Phi) is 6.13. The summed E-state index contributed by atoms with van der Waals surface area (Å²) in [4.78, 5) is 12.9. The third-order valence-corrected chi connectivity index (χ3v) is 6.23. The van der Waals surface area contributed by atoms with E-state index in [9.17, 15) is 13.2 Å². The second-order valence-corrected chi connectivity index (χ2v) is 9.20. The molecule has 0 saturated heterocycles. The van der Waals surface area contributed by atoms with Crippen LogP contribution in [0.3, 0.4) is 0 Å². The fraction of sp³-hybridized carbons (Fsp3) is 0.120. The van der Waals surface area contributed by atoms with Crippen molar-refractivity contribution in [2.45, 2.75) is 18.4 Å². The van der Waals surface area contributed by atoms with Crippen molar-refractivity contribution in [2.75, 3.05) is 7.11 Å². The molecule has 4 aromatic rings. The van der Waals surface area contributed by atoms with Gasteiger partial charge in [0.1, 0.15) is 5.69 Å². The van der Waals surface area contributed by atoms with Gasteiger partial charge in [-0.15, -0.1) is 0 Å². The molecule has 8 heteroatoms. The zero-order chi connectivity index (χ0) is 23.6. The van der Waals surface area contributed by atoms with Gasteiger partial charge in [-0.25, -0.2) is 18.4 Å². The largest absolute Gasteiger partial charge is 0.464 e. The van der Waals surface area contributed by atoms with Crippen LogP contribution in [-0.2, 0) is 21.3 Å². The number of ether oxygens (including phenoxy) is 1. The summed E-state index contributed by atoms with van der Waals surface area (Å²) in [6.45, 7) is 2.34. The standard InChI is InChI=1S/C25H23N3O4S/c1-17-8-10-19(11-9-17)22-23(20-12-14-21(15-13-20)33(26,30)31)27-28(24(22)25(29)32-2)16-18-6-4-3-5-7-18/h3-15H,16H2,1-2H3,(H2,26,30,31). The maximum atomic E-state index is 12.9. The fourth-order valence-corrected chi connectivity index (χ4v) is 4.15. The molecule has 4 rings (SSSR count). The van der Waals surface area contributed by atoms with Crippen LogP contribution >= 0.6 is 0 Å². The topological polar surface area (TPSA) is 104 Å². The third kappa shape index (κ3) is 4.72. The second kappa shape index (κ2) is 9.01. The maximum Gasteiger partial charge on any atom is 0.357 e. The van der Waals surface area contributed by atoms with Crippen LogP contribution in [0.4, 0.5) is 0 Å². The van der Waals surface area contributed by atoms with E-state index in [1.807, 2.05) is 61.5 Å². The fourth-order valence-electron chi connectivity index (χ4n) is 3.64. The molecule has 2 N–H and O–H groups in total. The molecule has 0 atom stereocenters. The number of hydrogen-bond acceptors (Lipinski definition) is 5. The minimum absolute atomic E-state index is 0.0000421. The maximum absolute atomic E-state index is 12.9. The van der Waals surface area contributed by atoms with Crippen molar-refractivity contribution in [2.24, 2.45) is 5.14 Å². The van der Waals surface area contributed by atoms with Crippen LogP contribution in [-0.4, -0.2) is 31.3 Å². The molecule has 0 aliphatic rings. The van der Waals surface area contributed by atoms with E-state index in [-0.39, 0.29) is 4.90 Å². The minimum atomic E-state index is -3.83. The van der Waals surface area contributed by atoms with E-state index in [1.165, 1.54) is 19.2 Å². The summed E-state index contributed by atoms with van der Waals surface area (Å²) >= 11 is 0. The summed E-state index contributed by atoms with van der Waals surface area (Å²) in [7, 11) is -2.49. The van der Waals surface area contributed by atoms with Crippen LogP contribution in [0.2, 0.25) is 0 Å². The molecule has 1 aromatic heterocycles. The first-order chi connectivity index (χ1) is 15.8. The first-order valence-corrected chi connectivity index (χ1v) is 11.8. The van der Waals surface area contributed by atoms with Gasteiger partial charge in [0.2, 0.25) is 10.0 Å². The Bertz CT molecular complexity index is 1390. The summed E-state index contributed by atoms with van der Waals surface area (Å²) in [5.41, 5.74) is 4.96. The molecule has 0 aliphatic heterocycles. The van der Waals surface area contributed by atoms with E-state index >= 15 is 0 Å². The van der Waals surface area contributed by atoms with Crippen molar-refractivity contribution in [1.29, 1.82) is 0 Å². The summed E-state index contributed by atoms with van der Waals surface area (Å²) < 4.78 is 30.1. The highest BCUT2D eigenvalue weighted by Crippen LogP contribution is 2.36. The molecule has 0 aliphatic carbocycles. The number of carbonyl (C=O) groups is 1. The lowest BCUT2D eigenvalue weighted by molar-refractivity contribution is 0.0588. The first-order valence-electron chi connectivity index (χ1n) is 10.2. The highest BCUT2D eigenvalue weighted by atomic mass is 32.2. The van der Waals surface area contributed by atoms with Gasteiger partial charge in [-0.1, -0.05) is 72.3 Å². The van der Waals surface area contributed by atoms with E-state index in [1.54, 1.807) is 16.8 Å². The predicted octanol–water partition coefficient (Wildman–Crippen LogP) is 4.01. The van der Waals surface area contributed by atoms with E-state index in [0.29, 0.717) is 29.1 Å². The van der Waals surface area contributed by atoms with Gasteiger partial charge in [-0.3, -0.25) is 4.68 Å². The number of nitrogens with zero attached hydrogens (tertiary/aromatic N) is 2. The molecule has 0 fully saturated rings. The molecule has 0 saturated carbocycles. The Morgan fingerprint density at radius 1 is 0.939 bits per heavy atom. The van der Waals surface area contributed by atoms with Crippen molar-refractivity contribution in [3.63, 3.8) is 0 Å². The smallest absolute Gasteiger partial charge is 0.357 e. The number of sulfonamides is 1. The summed E-state index contributed by atoms with van der Waals surface area (Å²) in [6.07, 6.45) is 0. The molecule has 0 radical (unpaired) electrons. The van der Waals surface area contributed by atoms with Crippen molar-refractivity contribution in [3.05, 3.63) is 95.7 Å². The summed E-state index contributed by atoms with van der Waals surface area (Å²) in [5.74, 6) is -0.513. The molecule has 33 heavy (non-hydrogen) atoms. The number of esters is 1. The van der Waals surface area contributed by atoms with Gasteiger partial charge < -0.3 is 4.74 Å². The van der Waals surface area contributed by atoms with Gasteiger partial charge in [-0.2, -0.15) is 5.10 Å². The SMILES string of the molecule is COC(=O)c1c(-c2ccc(C)cc2)c(-c2ccc(S(N)(=O)=O)cc2)nn1Cc1ccccc1. The highest BCUT2D eigenvalue weighted by Gasteiger charge is 2.26. The van der Waals surface area contributed by atoms with Crippen molar-refractivity contribution < 1.29 is 17.9 Å². The minimum Gasteiger partial charge on any atom is -0.464 e. The van der Waals surface area contributed by atoms with Crippen LogP contribution in [0, 0.1) is 6.92 Å². The van der Waals surface area contributed by atoms with Crippen LogP contribution in [0.25, 0.3) is 22.4 Å². The molecule has 1 heterocycles. The van der Waals surface area contributed by atoms with E-state index in [2.05, 4.69) is 0 Å². The number of primary sulfonamides is 1. The molecule has 0 amide bonds. The summed E-state index contributed by atoms with van der Waals surface area (Å²) in [5, 5.41) is 10.0. The molecule has 0 unspecified atom stereocenters. The number of aryl methyl sites for hydroxylation is 1. The van der Waals surface area contributed by atoms with Crippen molar-refractivity contribution in [3.8, 4) is 22.4 Å². The number of rotatable bonds is 6. The van der Waals surface area contributed by atoms with E-state index in [4.69, 9.17) is 15.0 Å². The predicted molar refractivity (Wildman–Crippen MR) is 126 cm³/mol. The second-order valence-electron chi connectivity index (χ2n) is 7.64. The first kappa shape index (κ1) is 22.4. The molecule has 3 aromatic carbocycles. The third-order valence-electron chi connectivity index (χ3n) is 5.30. The molecule has 7 nitrogen and oxygen atoms in total. The van der Waals surface area contributed by atoms with Crippen LogP contribution < -0.4 is 5.14 Å². The monoisotopic (exact) mass is 461 g/mol. The lowest BCUT2D eigenvalue weighted by Gasteiger charge is -2.09. The van der Waals surface area contributed by atoms with Gasteiger partial charge >= 0.3 is 5.97 Å². The Balaban J connectivity index is 1.96. The average Bonchev–Trinajstić information content (AvgIpc) is 3.18. The molecule has 0 spiro atoms. The summed E-state index contributed by atoms with van der Waals surface area (Å²) in [6, 6.07) is 23.6. The van der Waals surface area contributed by atoms with Crippen LogP contribution in [0.1, 0.15) is 21.6 Å². The molecule has 168 valence electrons. The van der Waals surface area contributed by atoms with Gasteiger partial charge in [0.25, 0.3) is 0 Å². The van der Waals surface area contributed by atoms with E-state index in [0.717, 1.165) is 16.7 Å². The zero-order valence-electron chi connectivity index (χ0n) is 18.2. The molecular weight excluding hydrogens is 438 g/mol. The highest BCUT2D eigenvalue weighted by molar-refractivity contribution is 7.89. The Morgan fingerprint density at radius 2 is 1.55 bits per heavy atom. The van der Waals surface area contributed by atoms with Crippen molar-refractivity contribution >= 4 is 16.0 Å². The number of hydrogen-bond donors (Lipinski definition) is 1. The number of aromatic nitrogens is 2. The molecular formula is C25H23N3O4S. The van der Waals surface area contributed by atoms with Gasteiger partial charge in [0.05, 0.1) is 18.6 Å². The quantitative estimate of drug-likeness (QED) is 0.437. The van der Waals surface area contributed by atoms with Gasteiger partial charge in [-0.05, 0) is 30.2 Å². The number of benzene rings is 3. The van der Waals surface area contributed by atoms with Crippen LogP contribution in [0.5, 0.6) is 0 Å². The number of methoxy groups -OCH3 is 1. The lowest BCUT2D eigenvalue weighted by Crippen LogP contribution is -2.13. The normalized spacial score (nSPS) is 11.4. The average molecular weight is 462 g/mol.